The van der Waals surface area contributed by atoms with Crippen LogP contribution in [0.25, 0.3) is 0 Å². The Morgan fingerprint density at radius 1 is 0.969 bits per heavy atom. The van der Waals surface area contributed by atoms with Gasteiger partial charge in [0.25, 0.3) is 5.91 Å². The quantitative estimate of drug-likeness (QED) is 0.568. The van der Waals surface area contributed by atoms with Gasteiger partial charge in [0.05, 0.1) is 12.2 Å². The molecule has 3 rings (SSSR count). The van der Waals surface area contributed by atoms with E-state index in [1.807, 2.05) is 60.7 Å². The molecule has 0 spiro atoms. The van der Waals surface area contributed by atoms with Crippen molar-refractivity contribution in [2.24, 2.45) is 0 Å². The average molecular weight is 434 g/mol. The van der Waals surface area contributed by atoms with Crippen LogP contribution in [0.5, 0.6) is 0 Å². The number of rotatable bonds is 8. The van der Waals surface area contributed by atoms with Crippen LogP contribution in [0.2, 0.25) is 0 Å². The van der Waals surface area contributed by atoms with E-state index in [9.17, 15) is 14.4 Å². The van der Waals surface area contributed by atoms with E-state index >= 15 is 0 Å². The lowest BCUT2D eigenvalue weighted by molar-refractivity contribution is -0.122. The van der Waals surface area contributed by atoms with Crippen molar-refractivity contribution in [2.45, 2.75) is 32.9 Å². The number of nitrogens with one attached hydrogen (secondary N) is 2. The van der Waals surface area contributed by atoms with E-state index in [0.717, 1.165) is 11.1 Å². The highest BCUT2D eigenvalue weighted by molar-refractivity contribution is 5.90. The average Bonchev–Trinajstić information content (AvgIpc) is 3.14. The summed E-state index contributed by atoms with van der Waals surface area (Å²) in [5.41, 5.74) is 3.10. The minimum Gasteiger partial charge on any atom is -0.445 e. The number of benzene rings is 2. The van der Waals surface area contributed by atoms with Crippen LogP contribution in [-0.4, -0.2) is 40.3 Å². The zero-order valence-corrected chi connectivity index (χ0v) is 18.1. The number of alkyl carbamates (subject to hydrolysis) is 1. The summed E-state index contributed by atoms with van der Waals surface area (Å²) in [5.74, 6) is -0.852. The second kappa shape index (κ2) is 10.9. The smallest absolute Gasteiger partial charge is 0.408 e. The number of carbonyl (C=O) groups excluding carboxylic acids is 3. The van der Waals surface area contributed by atoms with E-state index < -0.39 is 18.0 Å². The maximum absolute atomic E-state index is 12.8. The number of carbonyl (C=O) groups is 3. The molecule has 0 saturated carbocycles. The molecule has 0 aliphatic carbocycles. The van der Waals surface area contributed by atoms with Gasteiger partial charge in [0.15, 0.2) is 0 Å². The van der Waals surface area contributed by atoms with Gasteiger partial charge in [-0.05, 0) is 31.0 Å². The SMILES string of the molecule is Cc1cc(C)n(C(=O)CNC(=O)[C@H](Cc2ccccc2)NC(=O)OCc2ccccc2)n1. The van der Waals surface area contributed by atoms with Crippen LogP contribution in [0.15, 0.2) is 66.7 Å². The number of hydrogen-bond donors (Lipinski definition) is 2. The second-order valence-corrected chi connectivity index (χ2v) is 7.40. The molecule has 0 radical (unpaired) electrons. The van der Waals surface area contributed by atoms with Crippen LogP contribution in [0.1, 0.15) is 27.3 Å². The molecule has 166 valence electrons. The van der Waals surface area contributed by atoms with Crippen molar-refractivity contribution in [3.8, 4) is 0 Å². The van der Waals surface area contributed by atoms with Crippen molar-refractivity contribution in [1.29, 1.82) is 0 Å². The van der Waals surface area contributed by atoms with Crippen molar-refractivity contribution in [1.82, 2.24) is 20.4 Å². The largest absolute Gasteiger partial charge is 0.445 e. The first-order valence-electron chi connectivity index (χ1n) is 10.3. The van der Waals surface area contributed by atoms with E-state index in [-0.39, 0.29) is 25.5 Å². The maximum atomic E-state index is 12.8. The summed E-state index contributed by atoms with van der Waals surface area (Å²) >= 11 is 0. The maximum Gasteiger partial charge on any atom is 0.408 e. The molecule has 0 fully saturated rings. The fourth-order valence-corrected chi connectivity index (χ4v) is 3.21. The zero-order chi connectivity index (χ0) is 22.9. The van der Waals surface area contributed by atoms with Gasteiger partial charge >= 0.3 is 6.09 Å². The first-order valence-corrected chi connectivity index (χ1v) is 10.3. The molecule has 0 bridgehead atoms. The van der Waals surface area contributed by atoms with Gasteiger partial charge in [-0.15, -0.1) is 0 Å². The second-order valence-electron chi connectivity index (χ2n) is 7.40. The molecule has 8 heteroatoms. The fourth-order valence-electron chi connectivity index (χ4n) is 3.21. The summed E-state index contributed by atoms with van der Waals surface area (Å²) in [6, 6.07) is 19.4. The molecule has 32 heavy (non-hydrogen) atoms. The molecule has 0 unspecified atom stereocenters. The van der Waals surface area contributed by atoms with E-state index in [2.05, 4.69) is 15.7 Å². The van der Waals surface area contributed by atoms with Crippen molar-refractivity contribution in [3.63, 3.8) is 0 Å². The Kier molecular flexibility index (Phi) is 7.75. The Balaban J connectivity index is 1.62. The van der Waals surface area contributed by atoms with Gasteiger partial charge in [-0.1, -0.05) is 60.7 Å². The minimum atomic E-state index is -0.908. The highest BCUT2D eigenvalue weighted by Crippen LogP contribution is 2.06. The number of aryl methyl sites for hydroxylation is 2. The van der Waals surface area contributed by atoms with Crippen LogP contribution in [0.3, 0.4) is 0 Å². The third kappa shape index (κ3) is 6.53. The summed E-state index contributed by atoms with van der Waals surface area (Å²) in [6.45, 7) is 3.40. The summed E-state index contributed by atoms with van der Waals surface area (Å²) < 4.78 is 6.50. The van der Waals surface area contributed by atoms with Gasteiger partial charge in [-0.25, -0.2) is 9.48 Å². The predicted molar refractivity (Wildman–Crippen MR) is 119 cm³/mol. The van der Waals surface area contributed by atoms with Gasteiger partial charge in [0.2, 0.25) is 5.91 Å². The molecule has 0 aliphatic rings. The monoisotopic (exact) mass is 434 g/mol. The molecule has 2 aromatic carbocycles. The Morgan fingerprint density at radius 3 is 2.19 bits per heavy atom. The molecule has 1 heterocycles. The molecule has 1 atom stereocenters. The van der Waals surface area contributed by atoms with Gasteiger partial charge in [0.1, 0.15) is 12.6 Å². The van der Waals surface area contributed by atoms with Crippen molar-refractivity contribution in [2.75, 3.05) is 6.54 Å². The lowest BCUT2D eigenvalue weighted by atomic mass is 10.1. The Bertz CT molecular complexity index is 1060. The molecule has 0 aliphatic heterocycles. The van der Waals surface area contributed by atoms with E-state index in [1.54, 1.807) is 19.9 Å². The number of amides is 2. The molecule has 2 amide bonds. The molecular formula is C24H26N4O4. The predicted octanol–water partition coefficient (Wildman–Crippen LogP) is 2.79. The molecule has 2 N–H and O–H groups in total. The highest BCUT2D eigenvalue weighted by atomic mass is 16.5. The molecule has 0 saturated heterocycles. The van der Waals surface area contributed by atoms with Crippen LogP contribution >= 0.6 is 0 Å². The minimum absolute atomic E-state index is 0.0861. The standard InChI is InChI=1S/C24H26N4O4/c1-17-13-18(2)28(27-17)22(29)15-25-23(30)21(14-19-9-5-3-6-10-19)26-24(31)32-16-20-11-7-4-8-12-20/h3-13,21H,14-16H2,1-2H3,(H,25,30)(H,26,31)/t21-/m0/s1. The van der Waals surface area contributed by atoms with Crippen LogP contribution < -0.4 is 10.6 Å². The summed E-state index contributed by atoms with van der Waals surface area (Å²) in [5, 5.41) is 9.33. The van der Waals surface area contributed by atoms with Crippen LogP contribution in [-0.2, 0) is 22.6 Å². The van der Waals surface area contributed by atoms with E-state index in [1.165, 1.54) is 4.68 Å². The van der Waals surface area contributed by atoms with Gasteiger partial charge < -0.3 is 15.4 Å². The third-order valence-corrected chi connectivity index (χ3v) is 4.76. The summed E-state index contributed by atoms with van der Waals surface area (Å²) in [4.78, 5) is 37.6. The molecule has 1 aromatic heterocycles. The first kappa shape index (κ1) is 22.7. The van der Waals surface area contributed by atoms with Gasteiger partial charge in [0, 0.05) is 12.1 Å². The van der Waals surface area contributed by atoms with Crippen molar-refractivity contribution in [3.05, 3.63) is 89.2 Å². The number of ether oxygens (including phenoxy) is 1. The fraction of sp³-hybridized carbons (Fsp3) is 0.250. The normalized spacial score (nSPS) is 11.4. The zero-order valence-electron chi connectivity index (χ0n) is 18.1. The number of aromatic nitrogens is 2. The number of nitrogens with zero attached hydrogens (tertiary/aromatic N) is 2. The Labute approximate surface area is 186 Å². The van der Waals surface area contributed by atoms with Gasteiger partial charge in [-0.3, -0.25) is 9.59 Å². The summed E-state index contributed by atoms with van der Waals surface area (Å²) in [7, 11) is 0. The highest BCUT2D eigenvalue weighted by Gasteiger charge is 2.23. The van der Waals surface area contributed by atoms with E-state index in [0.29, 0.717) is 11.4 Å². The topological polar surface area (TPSA) is 102 Å². The third-order valence-electron chi connectivity index (χ3n) is 4.76. The van der Waals surface area contributed by atoms with Crippen molar-refractivity contribution >= 4 is 17.9 Å². The molecule has 8 nitrogen and oxygen atoms in total. The Hall–Kier alpha value is -3.94. The van der Waals surface area contributed by atoms with Crippen LogP contribution in [0.4, 0.5) is 4.79 Å². The van der Waals surface area contributed by atoms with Crippen LogP contribution in [0, 0.1) is 13.8 Å². The summed E-state index contributed by atoms with van der Waals surface area (Å²) in [6.07, 6.45) is -0.462. The van der Waals surface area contributed by atoms with Gasteiger partial charge in [-0.2, -0.15) is 5.10 Å². The molecule has 3 aromatic rings. The molecular weight excluding hydrogens is 408 g/mol. The van der Waals surface area contributed by atoms with Crippen molar-refractivity contribution < 1.29 is 19.1 Å². The lowest BCUT2D eigenvalue weighted by Gasteiger charge is -2.18. The number of hydrogen-bond acceptors (Lipinski definition) is 5. The first-order chi connectivity index (χ1) is 15.4. The Morgan fingerprint density at radius 2 is 1.59 bits per heavy atom. The van der Waals surface area contributed by atoms with E-state index in [4.69, 9.17) is 4.74 Å². The lowest BCUT2D eigenvalue weighted by Crippen LogP contribution is -2.49.